The molecule has 60 heavy (non-hydrogen) atoms. The van der Waals surface area contributed by atoms with E-state index in [1.165, 1.54) is 5.56 Å². The van der Waals surface area contributed by atoms with Crippen molar-refractivity contribution >= 4 is 29.8 Å². The van der Waals surface area contributed by atoms with E-state index in [0.717, 1.165) is 17.5 Å². The van der Waals surface area contributed by atoms with Crippen molar-refractivity contribution in [2.24, 2.45) is 0 Å². The van der Waals surface area contributed by atoms with Gasteiger partial charge in [-0.1, -0.05) is 170 Å². The van der Waals surface area contributed by atoms with Gasteiger partial charge in [-0.15, -0.1) is 0 Å². The third-order valence-electron chi connectivity index (χ3n) is 9.90. The average molecular weight is 801 g/mol. The van der Waals surface area contributed by atoms with Gasteiger partial charge in [-0.25, -0.2) is 9.59 Å². The minimum absolute atomic E-state index is 0.219. The monoisotopic (exact) mass is 800 g/mol. The lowest BCUT2D eigenvalue weighted by Crippen LogP contribution is -2.52. The van der Waals surface area contributed by atoms with Crippen molar-refractivity contribution in [3.05, 3.63) is 221 Å². The van der Waals surface area contributed by atoms with E-state index in [4.69, 9.17) is 9.47 Å². The second-order valence-electron chi connectivity index (χ2n) is 14.0. The van der Waals surface area contributed by atoms with Crippen molar-refractivity contribution in [2.75, 3.05) is 13.2 Å². The molecular weight excluding hydrogens is 749 g/mol. The van der Waals surface area contributed by atoms with Gasteiger partial charge >= 0.3 is 11.9 Å². The molecule has 0 aromatic heterocycles. The number of carbonyl (C=O) groups excluding carboxylic acids is 4. The lowest BCUT2D eigenvalue weighted by atomic mass is 9.83. The van der Waals surface area contributed by atoms with E-state index in [-0.39, 0.29) is 31.4 Å². The highest BCUT2D eigenvalue weighted by molar-refractivity contribution is 5.99. The van der Waals surface area contributed by atoms with Crippen LogP contribution >= 0.6 is 0 Å². The molecule has 6 rings (SSSR count). The predicted octanol–water partition coefficient (Wildman–Crippen LogP) is 9.88. The third kappa shape index (κ3) is 12.0. The molecular formula is C52H52N2O6. The molecule has 6 aromatic rings. The van der Waals surface area contributed by atoms with Crippen molar-refractivity contribution < 1.29 is 28.7 Å². The largest absolute Gasteiger partial charge is 0.464 e. The highest BCUT2D eigenvalue weighted by Gasteiger charge is 2.44. The molecule has 0 heterocycles. The molecule has 2 unspecified atom stereocenters. The van der Waals surface area contributed by atoms with E-state index in [2.05, 4.69) is 22.8 Å². The minimum atomic E-state index is -1.34. The topological polar surface area (TPSA) is 111 Å². The summed E-state index contributed by atoms with van der Waals surface area (Å²) < 4.78 is 10.9. The molecule has 6 aromatic carbocycles. The van der Waals surface area contributed by atoms with Crippen LogP contribution < -0.4 is 10.6 Å². The molecule has 0 aliphatic rings. The first kappa shape index (κ1) is 44.1. The number of carbonyl (C=O) groups is 4. The molecule has 0 radical (unpaired) electrons. The third-order valence-corrected chi connectivity index (χ3v) is 9.90. The molecule has 8 nitrogen and oxygen atoms in total. The normalized spacial score (nSPS) is 12.7. The van der Waals surface area contributed by atoms with Crippen LogP contribution in [0.1, 0.15) is 76.1 Å². The summed E-state index contributed by atoms with van der Waals surface area (Å²) >= 11 is 0. The summed E-state index contributed by atoms with van der Waals surface area (Å²) in [6, 6.07) is 56.3. The Bertz CT molecular complexity index is 2250. The zero-order valence-electron chi connectivity index (χ0n) is 34.2. The number of esters is 2. The van der Waals surface area contributed by atoms with Gasteiger partial charge in [0.05, 0.1) is 13.2 Å². The van der Waals surface area contributed by atoms with Crippen molar-refractivity contribution in [2.45, 2.75) is 50.6 Å². The van der Waals surface area contributed by atoms with Gasteiger partial charge in [0.2, 0.25) is 0 Å². The Morgan fingerprint density at radius 1 is 0.500 bits per heavy atom. The second-order valence-corrected chi connectivity index (χ2v) is 14.0. The molecule has 0 aliphatic heterocycles. The Morgan fingerprint density at radius 3 is 1.35 bits per heavy atom. The van der Waals surface area contributed by atoms with Gasteiger partial charge in [-0.05, 0) is 79.6 Å². The van der Waals surface area contributed by atoms with E-state index in [9.17, 15) is 19.2 Å². The average Bonchev–Trinajstić information content (AvgIpc) is 3.30. The summed E-state index contributed by atoms with van der Waals surface area (Å²) in [5.41, 5.74) is 2.00. The summed E-state index contributed by atoms with van der Waals surface area (Å²) in [4.78, 5) is 52.5. The predicted molar refractivity (Wildman–Crippen MR) is 237 cm³/mol. The van der Waals surface area contributed by atoms with Gasteiger partial charge in [-0.3, -0.25) is 9.59 Å². The molecule has 0 fully saturated rings. The molecule has 0 bridgehead atoms. The van der Waals surface area contributed by atoms with Crippen LogP contribution in [0.25, 0.3) is 6.08 Å². The number of hydrogen-bond acceptors (Lipinski definition) is 6. The summed E-state index contributed by atoms with van der Waals surface area (Å²) in [5.74, 6) is -1.56. The number of hydrogen-bond donors (Lipinski definition) is 2. The Kier molecular flexibility index (Phi) is 16.7. The standard InChI is InChI=1S/C26H27NO3.C26H25NO3/c2*1-2-30-25(29)26(23-18-10-5-11-19-23,20-12-15-21-13-6-3-7-14-21)27-24(28)22-16-8-4-9-17-22/h3-11,13-14,16-19H,2,12,15,20H2,1H3,(H,27,28);3-19H,2,20H2,1H3,(H,27,28)/b;15-12+. The van der Waals surface area contributed by atoms with Crippen LogP contribution in [-0.4, -0.2) is 37.0 Å². The van der Waals surface area contributed by atoms with Gasteiger partial charge in [0.15, 0.2) is 11.1 Å². The fourth-order valence-electron chi connectivity index (χ4n) is 6.85. The maximum Gasteiger partial charge on any atom is 0.336 e. The zero-order chi connectivity index (χ0) is 42.5. The van der Waals surface area contributed by atoms with Crippen LogP contribution in [0, 0.1) is 0 Å². The van der Waals surface area contributed by atoms with Crippen molar-refractivity contribution in [1.29, 1.82) is 0 Å². The van der Waals surface area contributed by atoms with Crippen molar-refractivity contribution in [3.63, 3.8) is 0 Å². The number of benzene rings is 6. The number of aryl methyl sites for hydroxylation is 1. The Balaban J connectivity index is 0.000000228. The molecule has 0 spiro atoms. The number of amides is 2. The van der Waals surface area contributed by atoms with Crippen molar-refractivity contribution in [3.8, 4) is 0 Å². The fraction of sp³-hybridized carbons (Fsp3) is 0.192. The molecule has 0 saturated carbocycles. The number of nitrogens with one attached hydrogen (secondary N) is 2. The van der Waals surface area contributed by atoms with Crippen LogP contribution in [0.3, 0.4) is 0 Å². The number of ether oxygens (including phenoxy) is 2. The molecule has 2 atom stereocenters. The van der Waals surface area contributed by atoms with Crippen LogP contribution in [-0.2, 0) is 36.6 Å². The SMILES string of the molecule is CCOC(=O)C(C/C=C/c1ccccc1)(NC(=O)c1ccccc1)c1ccccc1.CCOC(=O)C(CCCc1ccccc1)(NC(=O)c1ccccc1)c1ccccc1. The molecule has 2 N–H and O–H groups in total. The second kappa shape index (κ2) is 22.8. The number of rotatable bonds is 17. The van der Waals surface area contributed by atoms with Gasteiger partial charge in [0.25, 0.3) is 11.8 Å². The van der Waals surface area contributed by atoms with Crippen LogP contribution in [0.15, 0.2) is 188 Å². The Labute approximate surface area is 353 Å². The van der Waals surface area contributed by atoms with E-state index in [1.54, 1.807) is 62.4 Å². The van der Waals surface area contributed by atoms with Gasteiger partial charge in [0.1, 0.15) is 0 Å². The smallest absolute Gasteiger partial charge is 0.336 e. The molecule has 0 saturated heterocycles. The highest BCUT2D eigenvalue weighted by Crippen LogP contribution is 2.31. The first-order valence-electron chi connectivity index (χ1n) is 20.3. The molecule has 8 heteroatoms. The lowest BCUT2D eigenvalue weighted by molar-refractivity contribution is -0.152. The van der Waals surface area contributed by atoms with Crippen molar-refractivity contribution in [1.82, 2.24) is 10.6 Å². The minimum Gasteiger partial charge on any atom is -0.464 e. The summed E-state index contributed by atoms with van der Waals surface area (Å²) in [6.07, 6.45) is 6.03. The summed E-state index contributed by atoms with van der Waals surface area (Å²) in [5, 5.41) is 5.99. The Morgan fingerprint density at radius 2 is 0.883 bits per heavy atom. The molecule has 306 valence electrons. The maximum absolute atomic E-state index is 13.2. The van der Waals surface area contributed by atoms with Crippen LogP contribution in [0.2, 0.25) is 0 Å². The van der Waals surface area contributed by atoms with E-state index >= 15 is 0 Å². The Hall–Kier alpha value is -7.06. The van der Waals surface area contributed by atoms with Gasteiger partial charge in [0, 0.05) is 17.5 Å². The maximum atomic E-state index is 13.2. The van der Waals surface area contributed by atoms with E-state index < -0.39 is 23.0 Å². The first-order valence-corrected chi connectivity index (χ1v) is 20.3. The summed E-state index contributed by atoms with van der Waals surface area (Å²) in [6.45, 7) is 3.99. The molecule has 2 amide bonds. The van der Waals surface area contributed by atoms with Gasteiger partial charge in [-0.2, -0.15) is 0 Å². The van der Waals surface area contributed by atoms with Gasteiger partial charge < -0.3 is 20.1 Å². The van der Waals surface area contributed by atoms with E-state index in [1.807, 2.05) is 133 Å². The first-order chi connectivity index (χ1) is 29.3. The molecule has 0 aliphatic carbocycles. The van der Waals surface area contributed by atoms with E-state index in [0.29, 0.717) is 29.5 Å². The lowest BCUT2D eigenvalue weighted by Gasteiger charge is -2.33. The van der Waals surface area contributed by atoms with Crippen LogP contribution in [0.4, 0.5) is 0 Å². The quantitative estimate of drug-likeness (QED) is 0.0890. The summed E-state index contributed by atoms with van der Waals surface area (Å²) in [7, 11) is 0. The highest BCUT2D eigenvalue weighted by atomic mass is 16.5. The van der Waals surface area contributed by atoms with Crippen LogP contribution in [0.5, 0.6) is 0 Å². The fourth-order valence-corrected chi connectivity index (χ4v) is 6.85. The zero-order valence-corrected chi connectivity index (χ0v) is 34.2.